The number of nitrogens with one attached hydrogen (secondary N) is 1. The van der Waals surface area contributed by atoms with Crippen molar-refractivity contribution in [3.05, 3.63) is 105 Å². The molecule has 6 heteroatoms. The first-order valence-corrected chi connectivity index (χ1v) is 10.6. The zero-order chi connectivity index (χ0) is 20.7. The van der Waals surface area contributed by atoms with E-state index in [1.807, 2.05) is 54.6 Å². The van der Waals surface area contributed by atoms with Gasteiger partial charge in [0, 0.05) is 9.92 Å². The molecular formula is C24H16ClNO3S. The van der Waals surface area contributed by atoms with Gasteiger partial charge in [0.1, 0.15) is 16.9 Å². The number of aromatic hydroxyl groups is 1. The van der Waals surface area contributed by atoms with Gasteiger partial charge in [-0.2, -0.15) is 0 Å². The lowest BCUT2D eigenvalue weighted by Crippen LogP contribution is -2.12. The average molecular weight is 434 g/mol. The van der Waals surface area contributed by atoms with Gasteiger partial charge < -0.3 is 14.8 Å². The molecule has 2 N–H and O–H groups in total. The molecule has 0 saturated heterocycles. The Morgan fingerprint density at radius 2 is 1.80 bits per heavy atom. The van der Waals surface area contributed by atoms with Crippen molar-refractivity contribution in [1.82, 2.24) is 0 Å². The minimum atomic E-state index is -0.598. The number of para-hydroxylation sites is 2. The van der Waals surface area contributed by atoms with Crippen LogP contribution in [-0.4, -0.2) is 5.11 Å². The van der Waals surface area contributed by atoms with E-state index in [0.717, 1.165) is 16.1 Å². The monoisotopic (exact) mass is 433 g/mol. The van der Waals surface area contributed by atoms with Crippen LogP contribution in [0.3, 0.4) is 0 Å². The van der Waals surface area contributed by atoms with Crippen LogP contribution in [0.4, 0.5) is 5.69 Å². The van der Waals surface area contributed by atoms with Gasteiger partial charge in [-0.25, -0.2) is 4.79 Å². The normalized spacial score (nSPS) is 15.8. The van der Waals surface area contributed by atoms with E-state index in [9.17, 15) is 9.90 Å². The number of rotatable bonds is 2. The third kappa shape index (κ3) is 3.36. The van der Waals surface area contributed by atoms with Gasteiger partial charge in [-0.3, -0.25) is 0 Å². The molecule has 0 fully saturated rings. The van der Waals surface area contributed by atoms with E-state index in [4.69, 9.17) is 16.0 Å². The Kier molecular flexibility index (Phi) is 4.77. The highest BCUT2D eigenvalue weighted by molar-refractivity contribution is 7.99. The summed E-state index contributed by atoms with van der Waals surface area (Å²) in [6.07, 6.45) is 1.93. The van der Waals surface area contributed by atoms with Crippen molar-refractivity contribution in [2.45, 2.75) is 10.1 Å². The van der Waals surface area contributed by atoms with Crippen LogP contribution in [0.5, 0.6) is 5.75 Å². The van der Waals surface area contributed by atoms with Crippen molar-refractivity contribution in [2.75, 3.05) is 5.32 Å². The van der Waals surface area contributed by atoms with Crippen molar-refractivity contribution < 1.29 is 9.52 Å². The van der Waals surface area contributed by atoms with E-state index < -0.39 is 5.63 Å². The fourth-order valence-electron chi connectivity index (χ4n) is 3.55. The van der Waals surface area contributed by atoms with Crippen molar-refractivity contribution in [2.24, 2.45) is 0 Å². The molecule has 5 rings (SSSR count). The predicted octanol–water partition coefficient (Wildman–Crippen LogP) is 6.45. The molecule has 1 aromatic heterocycles. The lowest BCUT2D eigenvalue weighted by Gasteiger charge is -2.13. The highest BCUT2D eigenvalue weighted by Gasteiger charge is 2.24. The van der Waals surface area contributed by atoms with Crippen LogP contribution in [-0.2, 0) is 0 Å². The molecule has 1 atom stereocenters. The maximum absolute atomic E-state index is 12.8. The minimum absolute atomic E-state index is 0.102. The molecule has 3 aromatic carbocycles. The van der Waals surface area contributed by atoms with Crippen molar-refractivity contribution in [3.63, 3.8) is 0 Å². The van der Waals surface area contributed by atoms with Gasteiger partial charge in [-0.05, 0) is 48.0 Å². The molecule has 1 unspecified atom stereocenters. The second kappa shape index (κ2) is 7.59. The average Bonchev–Trinajstić information content (AvgIpc) is 2.93. The van der Waals surface area contributed by atoms with Crippen molar-refractivity contribution >= 4 is 45.7 Å². The Balaban J connectivity index is 1.73. The second-order valence-corrected chi connectivity index (χ2v) is 8.52. The van der Waals surface area contributed by atoms with Crippen LogP contribution in [0.25, 0.3) is 16.7 Å². The van der Waals surface area contributed by atoms with Gasteiger partial charge >= 0.3 is 5.63 Å². The van der Waals surface area contributed by atoms with E-state index in [0.29, 0.717) is 21.7 Å². The lowest BCUT2D eigenvalue weighted by atomic mass is 10.1. The molecule has 4 aromatic rings. The number of fused-ring (bicyclic) bond motifs is 2. The summed E-state index contributed by atoms with van der Waals surface area (Å²) in [4.78, 5) is 13.9. The lowest BCUT2D eigenvalue weighted by molar-refractivity contribution is 0.465. The molecule has 0 saturated carbocycles. The Hall–Kier alpha value is -3.15. The summed E-state index contributed by atoms with van der Waals surface area (Å²) in [6, 6.07) is 22.4. The van der Waals surface area contributed by atoms with Gasteiger partial charge in [-0.1, -0.05) is 48.0 Å². The van der Waals surface area contributed by atoms with E-state index in [1.165, 1.54) is 0 Å². The second-order valence-electron chi connectivity index (χ2n) is 6.90. The molecule has 1 aliphatic heterocycles. The molecule has 30 heavy (non-hydrogen) atoms. The highest BCUT2D eigenvalue weighted by atomic mass is 35.5. The third-order valence-electron chi connectivity index (χ3n) is 4.96. The Bertz CT molecular complexity index is 1360. The number of anilines is 1. The van der Waals surface area contributed by atoms with E-state index >= 15 is 0 Å². The van der Waals surface area contributed by atoms with Crippen molar-refractivity contribution in [3.8, 4) is 5.75 Å². The van der Waals surface area contributed by atoms with Crippen LogP contribution in [0.2, 0.25) is 5.02 Å². The summed E-state index contributed by atoms with van der Waals surface area (Å²) >= 11 is 7.87. The van der Waals surface area contributed by atoms with Gasteiger partial charge in [-0.15, -0.1) is 11.8 Å². The fraction of sp³-hybridized carbons (Fsp3) is 0.0417. The Morgan fingerprint density at radius 3 is 2.67 bits per heavy atom. The summed E-state index contributed by atoms with van der Waals surface area (Å²) < 4.78 is 5.49. The molecule has 0 aliphatic carbocycles. The topological polar surface area (TPSA) is 62.5 Å². The molecule has 2 heterocycles. The van der Waals surface area contributed by atoms with Crippen LogP contribution >= 0.6 is 23.4 Å². The molecule has 148 valence electrons. The molecule has 1 aliphatic rings. The largest absolute Gasteiger partial charge is 0.506 e. The number of hydrogen-bond acceptors (Lipinski definition) is 5. The zero-order valence-corrected chi connectivity index (χ0v) is 17.2. The van der Waals surface area contributed by atoms with Crippen LogP contribution in [0.15, 0.2) is 93.0 Å². The number of hydrogen-bond donors (Lipinski definition) is 2. The van der Waals surface area contributed by atoms with Gasteiger partial charge in [0.15, 0.2) is 0 Å². The smallest absolute Gasteiger partial charge is 0.349 e. The first-order valence-electron chi connectivity index (χ1n) is 9.35. The Labute approximate surface area is 181 Å². The number of halogens is 1. The quantitative estimate of drug-likeness (QED) is 0.355. The van der Waals surface area contributed by atoms with Crippen LogP contribution in [0, 0.1) is 0 Å². The molecular weight excluding hydrogens is 418 g/mol. The first-order chi connectivity index (χ1) is 14.6. The molecule has 0 amide bonds. The summed E-state index contributed by atoms with van der Waals surface area (Å²) in [5.74, 6) is -0.102. The number of thioether (sulfide) groups is 1. The van der Waals surface area contributed by atoms with E-state index in [-0.39, 0.29) is 16.6 Å². The fourth-order valence-corrected chi connectivity index (χ4v) is 4.91. The van der Waals surface area contributed by atoms with E-state index in [1.54, 1.807) is 36.0 Å². The van der Waals surface area contributed by atoms with Crippen LogP contribution in [0.1, 0.15) is 16.4 Å². The van der Waals surface area contributed by atoms with Gasteiger partial charge in [0.05, 0.1) is 22.0 Å². The van der Waals surface area contributed by atoms with Gasteiger partial charge in [0.25, 0.3) is 0 Å². The summed E-state index contributed by atoms with van der Waals surface area (Å²) in [5.41, 5.74) is 2.20. The molecule has 0 spiro atoms. The van der Waals surface area contributed by atoms with Gasteiger partial charge in [0.2, 0.25) is 0 Å². The third-order valence-corrected chi connectivity index (χ3v) is 6.47. The summed E-state index contributed by atoms with van der Waals surface area (Å²) in [6.45, 7) is 0. The molecule has 0 radical (unpaired) electrons. The molecule has 0 bridgehead atoms. The first kappa shape index (κ1) is 18.9. The number of benzene rings is 3. The standard InChI is InChI=1S/C24H16ClNO3S/c25-15-7-5-6-14(12-15)21-13-18(26-17-9-2-4-11-20(17)30-21)22-23(27)16-8-1-3-10-19(16)29-24(22)28/h1-13,21,26-27H. The highest BCUT2D eigenvalue weighted by Crippen LogP contribution is 2.45. The van der Waals surface area contributed by atoms with Crippen LogP contribution < -0.4 is 10.9 Å². The Morgan fingerprint density at radius 1 is 1.00 bits per heavy atom. The maximum atomic E-state index is 12.8. The van der Waals surface area contributed by atoms with E-state index in [2.05, 4.69) is 5.32 Å². The maximum Gasteiger partial charge on any atom is 0.349 e. The minimum Gasteiger partial charge on any atom is -0.506 e. The molecule has 4 nitrogen and oxygen atoms in total. The van der Waals surface area contributed by atoms with Crippen molar-refractivity contribution in [1.29, 1.82) is 0 Å². The zero-order valence-electron chi connectivity index (χ0n) is 15.6. The summed E-state index contributed by atoms with van der Waals surface area (Å²) in [7, 11) is 0. The SMILES string of the molecule is O=c1oc2ccccc2c(O)c1C1=CC(c2cccc(Cl)c2)Sc2ccccc2N1. The predicted molar refractivity (Wildman–Crippen MR) is 122 cm³/mol. The summed E-state index contributed by atoms with van der Waals surface area (Å²) in [5, 5.41) is 15.3.